The molecule has 1 aliphatic rings. The zero-order chi connectivity index (χ0) is 16.2. The van der Waals surface area contributed by atoms with Crippen LogP contribution in [-0.2, 0) is 11.2 Å². The van der Waals surface area contributed by atoms with Gasteiger partial charge in [-0.25, -0.2) is 9.37 Å². The minimum Gasteiger partial charge on any atom is -0.444 e. The zero-order valence-corrected chi connectivity index (χ0v) is 12.8. The fourth-order valence-electron chi connectivity index (χ4n) is 3.04. The van der Waals surface area contributed by atoms with Crippen LogP contribution >= 0.6 is 0 Å². The molecule has 0 saturated heterocycles. The van der Waals surface area contributed by atoms with Crippen LogP contribution in [0.15, 0.2) is 34.9 Å². The molecule has 1 heterocycles. The number of benzene rings is 1. The first-order valence-corrected chi connectivity index (χ1v) is 7.85. The molecule has 23 heavy (non-hydrogen) atoms. The molecule has 2 aromatic rings. The van der Waals surface area contributed by atoms with Gasteiger partial charge in [0.05, 0.1) is 12.1 Å². The van der Waals surface area contributed by atoms with Crippen LogP contribution in [0.3, 0.4) is 0 Å². The lowest BCUT2D eigenvalue weighted by Gasteiger charge is -2.19. The Hall–Kier alpha value is -2.21. The second-order valence-corrected chi connectivity index (χ2v) is 5.93. The lowest BCUT2D eigenvalue weighted by molar-refractivity contribution is -0.121. The van der Waals surface area contributed by atoms with Gasteiger partial charge in [0.25, 0.3) is 0 Å². The third kappa shape index (κ3) is 3.76. The smallest absolute Gasteiger partial charge is 0.226 e. The molecule has 0 spiro atoms. The maximum absolute atomic E-state index is 12.9. The highest BCUT2D eigenvalue weighted by Gasteiger charge is 2.27. The molecule has 1 fully saturated rings. The fourth-order valence-corrected chi connectivity index (χ4v) is 3.04. The van der Waals surface area contributed by atoms with E-state index in [-0.39, 0.29) is 24.2 Å². The summed E-state index contributed by atoms with van der Waals surface area (Å²) < 4.78 is 18.3. The van der Waals surface area contributed by atoms with Crippen LogP contribution in [0.4, 0.5) is 4.39 Å². The number of nitrogens with one attached hydrogen (secondary N) is 1. The number of nitrogens with two attached hydrogens (primary N) is 1. The van der Waals surface area contributed by atoms with E-state index in [1.807, 2.05) is 0 Å². The van der Waals surface area contributed by atoms with Crippen molar-refractivity contribution in [2.75, 3.05) is 6.54 Å². The van der Waals surface area contributed by atoms with Gasteiger partial charge in [0, 0.05) is 11.6 Å². The van der Waals surface area contributed by atoms with E-state index in [2.05, 4.69) is 10.3 Å². The lowest BCUT2D eigenvalue weighted by Crippen LogP contribution is -2.40. The molecular formula is C17H20FN3O2. The van der Waals surface area contributed by atoms with E-state index >= 15 is 0 Å². The summed E-state index contributed by atoms with van der Waals surface area (Å²) in [7, 11) is 0. The molecule has 6 heteroatoms. The molecule has 2 unspecified atom stereocenters. The van der Waals surface area contributed by atoms with Crippen molar-refractivity contribution in [3.8, 4) is 11.5 Å². The molecule has 2 atom stereocenters. The van der Waals surface area contributed by atoms with Gasteiger partial charge in [-0.2, -0.15) is 0 Å². The third-order valence-electron chi connectivity index (χ3n) is 4.29. The highest BCUT2D eigenvalue weighted by molar-refractivity contribution is 5.78. The molecule has 0 aliphatic heterocycles. The van der Waals surface area contributed by atoms with E-state index < -0.39 is 0 Å². The molecular weight excluding hydrogens is 297 g/mol. The number of amides is 1. The van der Waals surface area contributed by atoms with E-state index in [0.29, 0.717) is 29.6 Å². The van der Waals surface area contributed by atoms with Gasteiger partial charge in [-0.05, 0) is 49.6 Å². The first-order valence-electron chi connectivity index (χ1n) is 7.85. The average molecular weight is 317 g/mol. The molecule has 1 aromatic heterocycles. The number of nitrogens with zero attached hydrogens (tertiary/aromatic N) is 1. The predicted octanol–water partition coefficient (Wildman–Crippen LogP) is 2.27. The Morgan fingerprint density at radius 1 is 1.35 bits per heavy atom. The van der Waals surface area contributed by atoms with Gasteiger partial charge in [0.1, 0.15) is 12.1 Å². The Morgan fingerprint density at radius 2 is 2.13 bits per heavy atom. The van der Waals surface area contributed by atoms with Gasteiger partial charge in [-0.1, -0.05) is 6.42 Å². The maximum atomic E-state index is 12.9. The molecule has 1 aliphatic carbocycles. The minimum atomic E-state index is -0.314. The molecule has 1 amide bonds. The monoisotopic (exact) mass is 317 g/mol. The van der Waals surface area contributed by atoms with E-state index in [4.69, 9.17) is 10.2 Å². The normalized spacial score (nSPS) is 20.6. The number of hydrogen-bond acceptors (Lipinski definition) is 4. The van der Waals surface area contributed by atoms with Gasteiger partial charge in [0.2, 0.25) is 11.8 Å². The highest BCUT2D eigenvalue weighted by atomic mass is 19.1. The van der Waals surface area contributed by atoms with Crippen molar-refractivity contribution >= 4 is 5.91 Å². The summed E-state index contributed by atoms with van der Waals surface area (Å²) in [4.78, 5) is 16.4. The third-order valence-corrected chi connectivity index (χ3v) is 4.29. The summed E-state index contributed by atoms with van der Waals surface area (Å²) in [6.07, 6.45) is 4.78. The van der Waals surface area contributed by atoms with E-state index in [1.54, 1.807) is 12.1 Å². The van der Waals surface area contributed by atoms with E-state index in [9.17, 15) is 9.18 Å². The standard InChI is InChI=1S/C17H20FN3O2/c18-13-6-4-11(5-7-13)17-20-14(10-23-17)8-16(22)21-15-3-1-2-12(15)9-19/h4-7,10,12,15H,1-3,8-9,19H2,(H,21,22). The maximum Gasteiger partial charge on any atom is 0.226 e. The Balaban J connectivity index is 1.60. The first kappa shape index (κ1) is 15.7. The Labute approximate surface area is 134 Å². The molecule has 122 valence electrons. The fraction of sp³-hybridized carbons (Fsp3) is 0.412. The number of carbonyl (C=O) groups is 1. The van der Waals surface area contributed by atoms with Crippen molar-refractivity contribution in [3.05, 3.63) is 42.0 Å². The SMILES string of the molecule is NCC1CCCC1NC(=O)Cc1coc(-c2ccc(F)cc2)n1. The van der Waals surface area contributed by atoms with Crippen LogP contribution in [0, 0.1) is 11.7 Å². The molecule has 3 N–H and O–H groups in total. The molecule has 1 aromatic carbocycles. The predicted molar refractivity (Wildman–Crippen MR) is 83.9 cm³/mol. The summed E-state index contributed by atoms with van der Waals surface area (Å²) >= 11 is 0. The van der Waals surface area contributed by atoms with Crippen molar-refractivity contribution in [2.24, 2.45) is 11.7 Å². The van der Waals surface area contributed by atoms with Crippen molar-refractivity contribution in [1.82, 2.24) is 10.3 Å². The Morgan fingerprint density at radius 3 is 2.87 bits per heavy atom. The topological polar surface area (TPSA) is 81.1 Å². The molecule has 0 radical (unpaired) electrons. The summed E-state index contributed by atoms with van der Waals surface area (Å²) in [5.41, 5.74) is 6.96. The molecule has 0 bridgehead atoms. The van der Waals surface area contributed by atoms with Crippen LogP contribution in [-0.4, -0.2) is 23.5 Å². The second-order valence-electron chi connectivity index (χ2n) is 5.93. The zero-order valence-electron chi connectivity index (χ0n) is 12.8. The quantitative estimate of drug-likeness (QED) is 0.886. The summed E-state index contributed by atoms with van der Waals surface area (Å²) in [6.45, 7) is 0.601. The minimum absolute atomic E-state index is 0.0747. The van der Waals surface area contributed by atoms with Gasteiger partial charge < -0.3 is 15.5 Å². The van der Waals surface area contributed by atoms with Gasteiger partial charge in [0.15, 0.2) is 0 Å². The van der Waals surface area contributed by atoms with Crippen LogP contribution in [0.1, 0.15) is 25.0 Å². The summed E-state index contributed by atoms with van der Waals surface area (Å²) in [5.74, 6) is 0.361. The first-order chi connectivity index (χ1) is 11.2. The number of aromatic nitrogens is 1. The number of oxazole rings is 1. The van der Waals surface area contributed by atoms with Crippen molar-refractivity contribution in [1.29, 1.82) is 0 Å². The van der Waals surface area contributed by atoms with Gasteiger partial charge in [-0.3, -0.25) is 4.79 Å². The summed E-state index contributed by atoms with van der Waals surface area (Å²) in [5, 5.41) is 3.03. The second kappa shape index (κ2) is 6.91. The van der Waals surface area contributed by atoms with Crippen LogP contribution < -0.4 is 11.1 Å². The van der Waals surface area contributed by atoms with E-state index in [0.717, 1.165) is 19.3 Å². The van der Waals surface area contributed by atoms with Crippen LogP contribution in [0.2, 0.25) is 0 Å². The molecule has 5 nitrogen and oxygen atoms in total. The largest absolute Gasteiger partial charge is 0.444 e. The Kier molecular flexibility index (Phi) is 4.71. The van der Waals surface area contributed by atoms with Crippen LogP contribution in [0.5, 0.6) is 0 Å². The number of rotatable bonds is 5. The van der Waals surface area contributed by atoms with Crippen molar-refractivity contribution in [3.63, 3.8) is 0 Å². The van der Waals surface area contributed by atoms with E-state index in [1.165, 1.54) is 18.4 Å². The lowest BCUT2D eigenvalue weighted by atomic mass is 10.0. The molecule has 1 saturated carbocycles. The van der Waals surface area contributed by atoms with Gasteiger partial charge in [-0.15, -0.1) is 0 Å². The number of hydrogen-bond donors (Lipinski definition) is 2. The Bertz CT molecular complexity index is 669. The average Bonchev–Trinajstić information content (AvgIpc) is 3.17. The molecule has 3 rings (SSSR count). The number of carbonyl (C=O) groups excluding carboxylic acids is 1. The highest BCUT2D eigenvalue weighted by Crippen LogP contribution is 2.24. The summed E-state index contributed by atoms with van der Waals surface area (Å²) in [6, 6.07) is 6.04. The van der Waals surface area contributed by atoms with Crippen molar-refractivity contribution < 1.29 is 13.6 Å². The van der Waals surface area contributed by atoms with Gasteiger partial charge >= 0.3 is 0 Å². The number of halogens is 1. The van der Waals surface area contributed by atoms with Crippen LogP contribution in [0.25, 0.3) is 11.5 Å². The van der Waals surface area contributed by atoms with Crippen molar-refractivity contribution in [2.45, 2.75) is 31.7 Å².